The van der Waals surface area contributed by atoms with Crippen molar-refractivity contribution in [2.24, 2.45) is 0 Å². The molecule has 0 aliphatic heterocycles. The minimum absolute atomic E-state index is 0.0996. The Morgan fingerprint density at radius 2 is 1.81 bits per heavy atom. The van der Waals surface area contributed by atoms with E-state index in [0.717, 1.165) is 58.4 Å². The van der Waals surface area contributed by atoms with E-state index in [1.807, 2.05) is 28.8 Å². The summed E-state index contributed by atoms with van der Waals surface area (Å²) in [4.78, 5) is 19.4. The molecule has 5 heteroatoms. The maximum absolute atomic E-state index is 14.2. The Hall–Kier alpha value is -2.53. The van der Waals surface area contributed by atoms with Gasteiger partial charge in [0.25, 0.3) is 5.56 Å². The van der Waals surface area contributed by atoms with Crippen LogP contribution in [0.5, 0.6) is 5.75 Å². The van der Waals surface area contributed by atoms with Crippen molar-refractivity contribution < 1.29 is 4.74 Å². The third-order valence-corrected chi connectivity index (χ3v) is 7.62. The van der Waals surface area contributed by atoms with E-state index in [2.05, 4.69) is 31.2 Å². The molecule has 0 amide bonds. The summed E-state index contributed by atoms with van der Waals surface area (Å²) >= 11 is 1.62. The van der Waals surface area contributed by atoms with Gasteiger partial charge >= 0.3 is 0 Å². The summed E-state index contributed by atoms with van der Waals surface area (Å²) in [6.45, 7) is 2.10. The van der Waals surface area contributed by atoms with E-state index < -0.39 is 0 Å². The standard InChI is InChI=1S/C26H28N2O2S/c1-3-31-25-27-23-21-10-6-5-9-18(21)17-26(15-7-4-8-16-26)22(23)24(29)28(25)19-11-13-20(30-2)14-12-19/h5-6,9-14H,3-4,7-8,15-17H2,1-2H3. The molecule has 1 fully saturated rings. The minimum atomic E-state index is -0.102. The van der Waals surface area contributed by atoms with Gasteiger partial charge in [0.15, 0.2) is 5.16 Å². The first-order chi connectivity index (χ1) is 15.2. The second-order valence-corrected chi connectivity index (χ2v) is 9.80. The number of aromatic nitrogens is 2. The molecule has 2 aromatic carbocycles. The van der Waals surface area contributed by atoms with Crippen molar-refractivity contribution in [3.8, 4) is 22.7 Å². The molecule has 0 atom stereocenters. The fourth-order valence-electron chi connectivity index (χ4n) is 5.37. The van der Waals surface area contributed by atoms with Crippen LogP contribution in [0.25, 0.3) is 16.9 Å². The molecule has 3 aromatic rings. The van der Waals surface area contributed by atoms with Crippen molar-refractivity contribution in [2.75, 3.05) is 12.9 Å². The Bertz CT molecular complexity index is 1160. The van der Waals surface area contributed by atoms with Gasteiger partial charge in [0.2, 0.25) is 0 Å². The van der Waals surface area contributed by atoms with Crippen molar-refractivity contribution in [3.63, 3.8) is 0 Å². The zero-order valence-electron chi connectivity index (χ0n) is 18.2. The van der Waals surface area contributed by atoms with Gasteiger partial charge in [-0.1, -0.05) is 62.2 Å². The van der Waals surface area contributed by atoms with Gasteiger partial charge in [0.1, 0.15) is 5.75 Å². The first kappa shape index (κ1) is 20.4. The lowest BCUT2D eigenvalue weighted by atomic mass is 9.62. The van der Waals surface area contributed by atoms with Gasteiger partial charge in [-0.15, -0.1) is 0 Å². The molecule has 0 saturated heterocycles. The molecule has 5 rings (SSSR count). The minimum Gasteiger partial charge on any atom is -0.497 e. The molecule has 0 radical (unpaired) electrons. The molecule has 4 nitrogen and oxygen atoms in total. The number of hydrogen-bond acceptors (Lipinski definition) is 4. The molecule has 1 saturated carbocycles. The lowest BCUT2D eigenvalue weighted by molar-refractivity contribution is 0.283. The first-order valence-corrected chi connectivity index (χ1v) is 12.2. The van der Waals surface area contributed by atoms with Crippen molar-refractivity contribution in [1.29, 1.82) is 0 Å². The highest BCUT2D eigenvalue weighted by molar-refractivity contribution is 7.99. The monoisotopic (exact) mass is 432 g/mol. The summed E-state index contributed by atoms with van der Waals surface area (Å²) in [5, 5.41) is 0.763. The van der Waals surface area contributed by atoms with Crippen LogP contribution >= 0.6 is 11.8 Å². The Morgan fingerprint density at radius 1 is 1.06 bits per heavy atom. The summed E-state index contributed by atoms with van der Waals surface area (Å²) in [6, 6.07) is 16.3. The van der Waals surface area contributed by atoms with Crippen LogP contribution in [-0.2, 0) is 11.8 Å². The Kier molecular flexibility index (Phi) is 5.39. The van der Waals surface area contributed by atoms with Gasteiger partial charge in [-0.3, -0.25) is 9.36 Å². The summed E-state index contributed by atoms with van der Waals surface area (Å²) in [7, 11) is 1.66. The molecule has 31 heavy (non-hydrogen) atoms. The molecular weight excluding hydrogens is 404 g/mol. The molecule has 0 bridgehead atoms. The number of benzene rings is 2. The summed E-state index contributed by atoms with van der Waals surface area (Å²) in [6.07, 6.45) is 6.67. The third kappa shape index (κ3) is 3.39. The SMILES string of the molecule is CCSc1nc2c(c(=O)n1-c1ccc(OC)cc1)C1(CCCCC1)Cc1ccccc1-2. The first-order valence-electron chi connectivity index (χ1n) is 11.2. The van der Waals surface area contributed by atoms with Crippen LogP contribution in [0.3, 0.4) is 0 Å². The summed E-state index contributed by atoms with van der Waals surface area (Å²) in [5.41, 5.74) is 5.15. The van der Waals surface area contributed by atoms with Gasteiger partial charge in [-0.05, 0) is 54.8 Å². The molecule has 1 spiro atoms. The lowest BCUT2D eigenvalue weighted by Gasteiger charge is -2.42. The van der Waals surface area contributed by atoms with Gasteiger partial charge in [-0.25, -0.2) is 4.98 Å². The second-order valence-electron chi connectivity index (χ2n) is 8.56. The predicted molar refractivity (Wildman–Crippen MR) is 127 cm³/mol. The number of ether oxygens (including phenoxy) is 1. The van der Waals surface area contributed by atoms with Crippen LogP contribution in [0.1, 0.15) is 50.2 Å². The number of thioether (sulfide) groups is 1. The summed E-state index contributed by atoms with van der Waals surface area (Å²) in [5.74, 6) is 1.64. The highest BCUT2D eigenvalue weighted by Gasteiger charge is 2.43. The molecule has 2 aliphatic carbocycles. The van der Waals surface area contributed by atoms with Crippen molar-refractivity contribution in [3.05, 3.63) is 70.0 Å². The average Bonchev–Trinajstić information content (AvgIpc) is 2.80. The largest absolute Gasteiger partial charge is 0.497 e. The number of methoxy groups -OCH3 is 1. The summed E-state index contributed by atoms with van der Waals surface area (Å²) < 4.78 is 7.15. The van der Waals surface area contributed by atoms with Gasteiger partial charge in [-0.2, -0.15) is 0 Å². The number of hydrogen-bond donors (Lipinski definition) is 0. The van der Waals surface area contributed by atoms with Crippen LogP contribution in [0.4, 0.5) is 0 Å². The van der Waals surface area contributed by atoms with Gasteiger partial charge in [0.05, 0.1) is 24.1 Å². The molecule has 2 aliphatic rings. The normalized spacial score (nSPS) is 16.6. The van der Waals surface area contributed by atoms with Crippen molar-refractivity contribution >= 4 is 11.8 Å². The van der Waals surface area contributed by atoms with E-state index in [4.69, 9.17) is 9.72 Å². The van der Waals surface area contributed by atoms with E-state index in [-0.39, 0.29) is 11.0 Å². The van der Waals surface area contributed by atoms with Crippen LogP contribution in [-0.4, -0.2) is 22.4 Å². The van der Waals surface area contributed by atoms with E-state index in [0.29, 0.717) is 0 Å². The Morgan fingerprint density at radius 3 is 2.52 bits per heavy atom. The molecule has 0 unspecified atom stereocenters. The third-order valence-electron chi connectivity index (χ3n) is 6.80. The molecule has 1 heterocycles. The second kappa shape index (κ2) is 8.19. The van der Waals surface area contributed by atoms with Crippen LogP contribution in [0.15, 0.2) is 58.5 Å². The zero-order chi connectivity index (χ0) is 21.4. The maximum atomic E-state index is 14.2. The van der Waals surface area contributed by atoms with Crippen LogP contribution in [0.2, 0.25) is 0 Å². The van der Waals surface area contributed by atoms with Gasteiger partial charge in [0, 0.05) is 11.0 Å². The molecule has 160 valence electrons. The smallest absolute Gasteiger partial charge is 0.263 e. The van der Waals surface area contributed by atoms with Gasteiger partial charge < -0.3 is 4.74 Å². The molecular formula is C26H28N2O2S. The van der Waals surface area contributed by atoms with Crippen LogP contribution < -0.4 is 10.3 Å². The highest BCUT2D eigenvalue weighted by atomic mass is 32.2. The van der Waals surface area contributed by atoms with E-state index >= 15 is 0 Å². The van der Waals surface area contributed by atoms with E-state index in [1.165, 1.54) is 24.8 Å². The topological polar surface area (TPSA) is 44.1 Å². The molecule has 1 aromatic heterocycles. The predicted octanol–water partition coefficient (Wildman–Crippen LogP) is 5.78. The number of rotatable bonds is 4. The molecule has 0 N–H and O–H groups in total. The quantitative estimate of drug-likeness (QED) is 0.387. The number of nitrogens with zero attached hydrogens (tertiary/aromatic N) is 2. The number of fused-ring (bicyclic) bond motifs is 4. The fraction of sp³-hybridized carbons (Fsp3) is 0.385. The van der Waals surface area contributed by atoms with Crippen LogP contribution in [0, 0.1) is 0 Å². The Balaban J connectivity index is 1.80. The van der Waals surface area contributed by atoms with E-state index in [9.17, 15) is 4.79 Å². The zero-order valence-corrected chi connectivity index (χ0v) is 19.0. The lowest BCUT2D eigenvalue weighted by Crippen LogP contribution is -2.42. The van der Waals surface area contributed by atoms with Crippen molar-refractivity contribution in [1.82, 2.24) is 9.55 Å². The highest BCUT2D eigenvalue weighted by Crippen LogP contribution is 2.49. The Labute approximate surface area is 187 Å². The fourth-order valence-corrected chi connectivity index (χ4v) is 6.10. The average molecular weight is 433 g/mol. The van der Waals surface area contributed by atoms with Crippen molar-refractivity contribution in [2.45, 2.75) is 56.0 Å². The maximum Gasteiger partial charge on any atom is 0.263 e. The van der Waals surface area contributed by atoms with E-state index in [1.54, 1.807) is 18.9 Å².